The van der Waals surface area contributed by atoms with Gasteiger partial charge < -0.3 is 20.7 Å². The van der Waals surface area contributed by atoms with Crippen LogP contribution in [0.25, 0.3) is 0 Å². The number of ether oxygens (including phenoxy) is 1. The third kappa shape index (κ3) is 9.40. The van der Waals surface area contributed by atoms with Crippen molar-refractivity contribution in [1.29, 1.82) is 0 Å². The van der Waals surface area contributed by atoms with E-state index in [9.17, 15) is 4.79 Å². The first-order valence-corrected chi connectivity index (χ1v) is 10.5. The summed E-state index contributed by atoms with van der Waals surface area (Å²) in [6, 6.07) is 0.535. The Hall–Kier alpha value is -1.10. The van der Waals surface area contributed by atoms with Crippen molar-refractivity contribution < 1.29 is 9.53 Å². The summed E-state index contributed by atoms with van der Waals surface area (Å²) in [5, 5.41) is 10.8. The molecule has 0 aliphatic heterocycles. The lowest BCUT2D eigenvalue weighted by molar-refractivity contribution is 0.0490. The maximum atomic E-state index is 11.9. The van der Waals surface area contributed by atoms with Crippen molar-refractivity contribution in [2.45, 2.75) is 84.5 Å². The highest BCUT2D eigenvalue weighted by atomic mass is 127. The Balaban J connectivity index is 0.00000392. The molecule has 9 heteroatoms. The van der Waals surface area contributed by atoms with Gasteiger partial charge in [0.05, 0.1) is 6.54 Å². The number of hydrogen-bond acceptors (Lipinski definition) is 5. The maximum absolute atomic E-state index is 11.9. The fraction of sp³-hybridized carbons (Fsp3) is 0.737. The highest BCUT2D eigenvalue weighted by Crippen LogP contribution is 2.19. The molecule has 0 unspecified atom stereocenters. The average Bonchev–Trinajstić information content (AvgIpc) is 2.98. The molecule has 0 aromatic carbocycles. The molecule has 0 saturated heterocycles. The summed E-state index contributed by atoms with van der Waals surface area (Å²) in [6.45, 7) is 11.2. The van der Waals surface area contributed by atoms with Crippen LogP contribution in [0.4, 0.5) is 4.79 Å². The van der Waals surface area contributed by atoms with Crippen LogP contribution in [0.1, 0.15) is 63.3 Å². The summed E-state index contributed by atoms with van der Waals surface area (Å²) in [7, 11) is 0. The van der Waals surface area contributed by atoms with Gasteiger partial charge in [-0.25, -0.2) is 14.8 Å². The van der Waals surface area contributed by atoms with E-state index in [0.29, 0.717) is 12.6 Å². The lowest BCUT2D eigenvalue weighted by atomic mass is 9.91. The first kappa shape index (κ1) is 24.9. The average molecular weight is 523 g/mol. The van der Waals surface area contributed by atoms with Gasteiger partial charge in [0.1, 0.15) is 10.6 Å². The molecule has 7 nitrogen and oxygen atoms in total. The number of hydrogen-bond donors (Lipinski definition) is 3. The Labute approximate surface area is 189 Å². The number of nitrogens with one attached hydrogen (secondary N) is 3. The third-order valence-corrected chi connectivity index (χ3v) is 5.07. The van der Waals surface area contributed by atoms with Gasteiger partial charge in [-0.2, -0.15) is 0 Å². The van der Waals surface area contributed by atoms with Crippen molar-refractivity contribution in [2.24, 2.45) is 4.99 Å². The number of aryl methyl sites for hydroxylation is 1. The van der Waals surface area contributed by atoms with Crippen molar-refractivity contribution in [2.75, 3.05) is 6.54 Å². The predicted octanol–water partition coefficient (Wildman–Crippen LogP) is 3.96. The van der Waals surface area contributed by atoms with Crippen LogP contribution in [0.5, 0.6) is 0 Å². The van der Waals surface area contributed by atoms with Crippen LogP contribution < -0.4 is 16.0 Å². The number of carbonyl (C=O) groups is 1. The van der Waals surface area contributed by atoms with E-state index < -0.39 is 5.60 Å². The van der Waals surface area contributed by atoms with E-state index in [1.807, 2.05) is 27.0 Å². The molecule has 0 spiro atoms. The van der Waals surface area contributed by atoms with Gasteiger partial charge >= 0.3 is 6.09 Å². The monoisotopic (exact) mass is 523 g/mol. The standard InChI is InChI=1S/C19H33N5O2S.HI/c1-6-20-17(22-12-16-21-11-13(2)27-16)23-14-7-9-15(10-8-14)24-18(25)26-19(3,4)5;/h11,14-15H,6-10,12H2,1-5H3,(H,24,25)(H2,20,22,23);1H. The van der Waals surface area contributed by atoms with E-state index in [2.05, 4.69) is 39.8 Å². The molecule has 1 amide bonds. The lowest BCUT2D eigenvalue weighted by Crippen LogP contribution is -2.48. The predicted molar refractivity (Wildman–Crippen MR) is 126 cm³/mol. The molecule has 1 saturated carbocycles. The number of rotatable bonds is 5. The Bertz CT molecular complexity index is 637. The number of nitrogens with zero attached hydrogens (tertiary/aromatic N) is 2. The van der Waals surface area contributed by atoms with Gasteiger partial charge in [-0.3, -0.25) is 0 Å². The van der Waals surface area contributed by atoms with Crippen LogP contribution in [0.3, 0.4) is 0 Å². The molecule has 3 N–H and O–H groups in total. The van der Waals surface area contributed by atoms with Gasteiger partial charge in [-0.05, 0) is 60.3 Å². The SMILES string of the molecule is CCNC(=NCc1ncc(C)s1)NC1CCC(NC(=O)OC(C)(C)C)CC1.I. The van der Waals surface area contributed by atoms with Crippen LogP contribution in [0.2, 0.25) is 0 Å². The molecule has 2 rings (SSSR count). The minimum atomic E-state index is -0.462. The molecular weight excluding hydrogens is 489 g/mol. The second kappa shape index (κ2) is 11.8. The molecule has 1 aliphatic carbocycles. The molecule has 1 aromatic rings. The number of halogens is 1. The topological polar surface area (TPSA) is 87.6 Å². The normalized spacial score (nSPS) is 20.1. The van der Waals surface area contributed by atoms with Crippen molar-refractivity contribution in [3.63, 3.8) is 0 Å². The Morgan fingerprint density at radius 2 is 1.86 bits per heavy atom. The van der Waals surface area contributed by atoms with Crippen molar-refractivity contribution in [3.05, 3.63) is 16.1 Å². The smallest absolute Gasteiger partial charge is 0.407 e. The zero-order valence-electron chi connectivity index (χ0n) is 17.5. The van der Waals surface area contributed by atoms with Crippen LogP contribution in [-0.2, 0) is 11.3 Å². The molecule has 0 atom stereocenters. The Morgan fingerprint density at radius 1 is 1.25 bits per heavy atom. The van der Waals surface area contributed by atoms with Crippen LogP contribution in [0, 0.1) is 6.92 Å². The van der Waals surface area contributed by atoms with Gasteiger partial charge in [0, 0.05) is 29.7 Å². The Kier molecular flexibility index (Phi) is 10.5. The summed E-state index contributed by atoms with van der Waals surface area (Å²) in [5.74, 6) is 0.828. The zero-order chi connectivity index (χ0) is 19.9. The van der Waals surface area contributed by atoms with Gasteiger partial charge in [0.25, 0.3) is 0 Å². The van der Waals surface area contributed by atoms with Crippen LogP contribution in [-0.4, -0.2) is 41.3 Å². The van der Waals surface area contributed by atoms with Gasteiger partial charge in [0.2, 0.25) is 0 Å². The number of aliphatic imine (C=N–C) groups is 1. The van der Waals surface area contributed by atoms with Gasteiger partial charge in [0.15, 0.2) is 5.96 Å². The molecule has 1 fully saturated rings. The molecule has 0 bridgehead atoms. The van der Waals surface area contributed by atoms with E-state index in [1.165, 1.54) is 4.88 Å². The number of aromatic nitrogens is 1. The van der Waals surface area contributed by atoms with E-state index >= 15 is 0 Å². The number of thiazole rings is 1. The lowest BCUT2D eigenvalue weighted by Gasteiger charge is -2.31. The summed E-state index contributed by atoms with van der Waals surface area (Å²) in [4.78, 5) is 22.1. The highest BCUT2D eigenvalue weighted by molar-refractivity contribution is 14.0. The summed E-state index contributed by atoms with van der Waals surface area (Å²) in [5.41, 5.74) is -0.462. The second-order valence-electron chi connectivity index (χ2n) is 7.90. The molecule has 28 heavy (non-hydrogen) atoms. The Morgan fingerprint density at radius 3 is 2.36 bits per heavy atom. The fourth-order valence-electron chi connectivity index (χ4n) is 2.99. The quantitative estimate of drug-likeness (QED) is 0.309. The largest absolute Gasteiger partial charge is 0.444 e. The summed E-state index contributed by atoms with van der Waals surface area (Å²) >= 11 is 1.68. The molecule has 1 aliphatic rings. The van der Waals surface area contributed by atoms with Crippen LogP contribution >= 0.6 is 35.3 Å². The number of amides is 1. The highest BCUT2D eigenvalue weighted by Gasteiger charge is 2.25. The first-order chi connectivity index (χ1) is 12.7. The fourth-order valence-corrected chi connectivity index (χ4v) is 3.70. The molecule has 160 valence electrons. The molecular formula is C19H34IN5O2S. The summed E-state index contributed by atoms with van der Waals surface area (Å²) < 4.78 is 5.34. The first-order valence-electron chi connectivity index (χ1n) is 9.71. The van der Waals surface area contributed by atoms with Crippen LogP contribution in [0.15, 0.2) is 11.2 Å². The van der Waals surface area contributed by atoms with Gasteiger partial charge in [-0.15, -0.1) is 35.3 Å². The van der Waals surface area contributed by atoms with E-state index in [-0.39, 0.29) is 36.1 Å². The molecule has 1 heterocycles. The molecule has 1 aromatic heterocycles. The minimum absolute atomic E-state index is 0. The number of alkyl carbamates (subject to hydrolysis) is 1. The minimum Gasteiger partial charge on any atom is -0.444 e. The molecule has 0 radical (unpaired) electrons. The zero-order valence-corrected chi connectivity index (χ0v) is 20.6. The van der Waals surface area contributed by atoms with Crippen molar-refractivity contribution >= 4 is 47.4 Å². The van der Waals surface area contributed by atoms with E-state index in [1.54, 1.807) is 11.3 Å². The second-order valence-corrected chi connectivity index (χ2v) is 9.22. The van der Waals surface area contributed by atoms with Gasteiger partial charge in [-0.1, -0.05) is 0 Å². The van der Waals surface area contributed by atoms with Crippen molar-refractivity contribution in [1.82, 2.24) is 20.9 Å². The third-order valence-electron chi connectivity index (χ3n) is 4.17. The van der Waals surface area contributed by atoms with Crippen molar-refractivity contribution in [3.8, 4) is 0 Å². The van der Waals surface area contributed by atoms with E-state index in [0.717, 1.165) is 43.2 Å². The maximum Gasteiger partial charge on any atom is 0.407 e. The van der Waals surface area contributed by atoms with E-state index in [4.69, 9.17) is 4.74 Å². The number of carbonyl (C=O) groups excluding carboxylic acids is 1. The summed E-state index contributed by atoms with van der Waals surface area (Å²) in [6.07, 6.45) is 5.40. The number of guanidine groups is 1.